The van der Waals surface area contributed by atoms with Crippen molar-refractivity contribution in [3.05, 3.63) is 54.6 Å². The molecular formula is C22H29N3O3S. The van der Waals surface area contributed by atoms with Crippen LogP contribution in [0.1, 0.15) is 20.3 Å². The van der Waals surface area contributed by atoms with Crippen molar-refractivity contribution < 1.29 is 13.2 Å². The van der Waals surface area contributed by atoms with Crippen LogP contribution in [0.3, 0.4) is 0 Å². The average Bonchev–Trinajstić information content (AvgIpc) is 2.74. The second-order valence-corrected chi connectivity index (χ2v) is 9.39. The number of benzene rings is 2. The summed E-state index contributed by atoms with van der Waals surface area (Å²) in [4.78, 5) is 14.4. The highest BCUT2D eigenvalue weighted by Gasteiger charge is 2.29. The molecule has 2 aromatic rings. The van der Waals surface area contributed by atoms with Crippen LogP contribution in [0.25, 0.3) is 11.1 Å². The zero-order valence-electron chi connectivity index (χ0n) is 17.0. The number of nitrogens with zero attached hydrogens (tertiary/aromatic N) is 2. The second kappa shape index (κ2) is 9.52. The molecule has 1 saturated heterocycles. The van der Waals surface area contributed by atoms with Crippen LogP contribution in [-0.2, 0) is 14.8 Å². The van der Waals surface area contributed by atoms with E-state index in [1.165, 1.54) is 4.31 Å². The fourth-order valence-corrected chi connectivity index (χ4v) is 4.77. The van der Waals surface area contributed by atoms with Gasteiger partial charge in [0.05, 0.1) is 11.4 Å². The lowest BCUT2D eigenvalue weighted by molar-refractivity contribution is -0.123. The highest BCUT2D eigenvalue weighted by atomic mass is 32.2. The molecule has 1 aliphatic rings. The van der Waals surface area contributed by atoms with Crippen molar-refractivity contribution in [3.8, 4) is 11.1 Å². The lowest BCUT2D eigenvalue weighted by Crippen LogP contribution is -2.51. The van der Waals surface area contributed by atoms with Crippen molar-refractivity contribution in [2.75, 3.05) is 32.7 Å². The van der Waals surface area contributed by atoms with Gasteiger partial charge in [0.2, 0.25) is 15.9 Å². The van der Waals surface area contributed by atoms with Crippen molar-refractivity contribution in [2.24, 2.45) is 0 Å². The van der Waals surface area contributed by atoms with Gasteiger partial charge in [-0.3, -0.25) is 9.69 Å². The van der Waals surface area contributed by atoms with E-state index in [1.807, 2.05) is 61.2 Å². The Labute approximate surface area is 173 Å². The molecule has 1 unspecified atom stereocenters. The van der Waals surface area contributed by atoms with Crippen molar-refractivity contribution in [3.63, 3.8) is 0 Å². The van der Waals surface area contributed by atoms with E-state index in [-0.39, 0.29) is 11.9 Å². The first-order chi connectivity index (χ1) is 13.9. The molecule has 2 aromatic carbocycles. The molecule has 1 fully saturated rings. The number of carbonyl (C=O) groups excluding carboxylic acids is 1. The largest absolute Gasteiger partial charge is 0.353 e. The van der Waals surface area contributed by atoms with Gasteiger partial charge in [-0.2, -0.15) is 4.31 Å². The van der Waals surface area contributed by atoms with Crippen LogP contribution in [0.2, 0.25) is 0 Å². The van der Waals surface area contributed by atoms with Crippen LogP contribution < -0.4 is 5.32 Å². The summed E-state index contributed by atoms with van der Waals surface area (Å²) in [5.41, 5.74) is 2.04. The number of amides is 1. The maximum absolute atomic E-state index is 13.0. The van der Waals surface area contributed by atoms with Crippen LogP contribution >= 0.6 is 0 Å². The van der Waals surface area contributed by atoms with Gasteiger partial charge in [-0.05, 0) is 36.6 Å². The standard InChI is InChI=1S/C22H29N3O3S/c1-3-18(2)23-22(26)17-24-13-15-25(16-14-24)29(27,28)21-11-9-20(10-12-21)19-7-5-4-6-8-19/h4-12,18H,3,13-17H2,1-2H3,(H,23,26). The Morgan fingerprint density at radius 3 is 2.14 bits per heavy atom. The highest BCUT2D eigenvalue weighted by molar-refractivity contribution is 7.89. The number of carbonyl (C=O) groups is 1. The quantitative estimate of drug-likeness (QED) is 0.755. The van der Waals surface area contributed by atoms with E-state index in [9.17, 15) is 13.2 Å². The summed E-state index contributed by atoms with van der Waals surface area (Å²) in [6.45, 7) is 6.19. The van der Waals surface area contributed by atoms with Crippen LogP contribution in [0.5, 0.6) is 0 Å². The maximum Gasteiger partial charge on any atom is 0.243 e. The minimum atomic E-state index is -3.53. The van der Waals surface area contributed by atoms with E-state index in [4.69, 9.17) is 0 Å². The lowest BCUT2D eigenvalue weighted by Gasteiger charge is -2.33. The molecule has 6 nitrogen and oxygen atoms in total. The Morgan fingerprint density at radius 2 is 1.55 bits per heavy atom. The third kappa shape index (κ3) is 5.44. The topological polar surface area (TPSA) is 69.7 Å². The monoisotopic (exact) mass is 415 g/mol. The minimum absolute atomic E-state index is 0.00726. The summed E-state index contributed by atoms with van der Waals surface area (Å²) >= 11 is 0. The fraction of sp³-hybridized carbons (Fsp3) is 0.409. The van der Waals surface area contributed by atoms with Gasteiger partial charge >= 0.3 is 0 Å². The summed E-state index contributed by atoms with van der Waals surface area (Å²) in [7, 11) is -3.53. The van der Waals surface area contributed by atoms with Gasteiger partial charge in [0.15, 0.2) is 0 Å². The van der Waals surface area contributed by atoms with E-state index in [2.05, 4.69) is 5.32 Å². The predicted octanol–water partition coefficient (Wildman–Crippen LogP) is 2.57. The molecule has 29 heavy (non-hydrogen) atoms. The Balaban J connectivity index is 1.59. The molecule has 1 heterocycles. The molecule has 0 aliphatic carbocycles. The van der Waals surface area contributed by atoms with Gasteiger partial charge in [-0.15, -0.1) is 0 Å². The summed E-state index contributed by atoms with van der Waals surface area (Å²) in [5.74, 6) is -0.00726. The number of hydrogen-bond donors (Lipinski definition) is 1. The SMILES string of the molecule is CCC(C)NC(=O)CN1CCN(S(=O)(=O)c2ccc(-c3ccccc3)cc2)CC1. The van der Waals surface area contributed by atoms with E-state index in [0.29, 0.717) is 37.6 Å². The normalized spacial score (nSPS) is 17.0. The first-order valence-electron chi connectivity index (χ1n) is 10.1. The van der Waals surface area contributed by atoms with Gasteiger partial charge in [-0.25, -0.2) is 8.42 Å². The van der Waals surface area contributed by atoms with E-state index < -0.39 is 10.0 Å². The van der Waals surface area contributed by atoms with E-state index >= 15 is 0 Å². The van der Waals surface area contributed by atoms with Gasteiger partial charge in [0.25, 0.3) is 0 Å². The highest BCUT2D eigenvalue weighted by Crippen LogP contribution is 2.23. The number of hydrogen-bond acceptors (Lipinski definition) is 4. The Kier molecular flexibility index (Phi) is 7.05. The van der Waals surface area contributed by atoms with Gasteiger partial charge < -0.3 is 5.32 Å². The zero-order valence-corrected chi connectivity index (χ0v) is 17.9. The second-order valence-electron chi connectivity index (χ2n) is 7.45. The van der Waals surface area contributed by atoms with Gasteiger partial charge in [0, 0.05) is 32.2 Å². The molecule has 0 radical (unpaired) electrons. The molecule has 0 aromatic heterocycles. The van der Waals surface area contributed by atoms with Gasteiger partial charge in [0.1, 0.15) is 0 Å². The van der Waals surface area contributed by atoms with Gasteiger partial charge in [-0.1, -0.05) is 49.4 Å². The molecule has 156 valence electrons. The first-order valence-corrected chi connectivity index (χ1v) is 11.5. The number of piperazine rings is 1. The lowest BCUT2D eigenvalue weighted by atomic mass is 10.1. The van der Waals surface area contributed by atoms with Crippen molar-refractivity contribution in [2.45, 2.75) is 31.2 Å². The number of rotatable bonds is 7. The summed E-state index contributed by atoms with van der Waals surface area (Å²) < 4.78 is 27.5. The summed E-state index contributed by atoms with van der Waals surface area (Å²) in [6, 6.07) is 17.1. The Bertz CT molecular complexity index is 906. The predicted molar refractivity (Wildman–Crippen MR) is 115 cm³/mol. The third-order valence-corrected chi connectivity index (χ3v) is 7.23. The Hall–Kier alpha value is -2.22. The first kappa shape index (κ1) is 21.5. The van der Waals surface area contributed by atoms with Crippen LogP contribution in [0.4, 0.5) is 0 Å². The third-order valence-electron chi connectivity index (χ3n) is 5.32. The molecule has 0 spiro atoms. The van der Waals surface area contributed by atoms with E-state index in [0.717, 1.165) is 17.5 Å². The van der Waals surface area contributed by atoms with Crippen LogP contribution in [-0.4, -0.2) is 62.3 Å². The summed E-state index contributed by atoms with van der Waals surface area (Å²) in [6.07, 6.45) is 0.890. The smallest absolute Gasteiger partial charge is 0.243 e. The molecule has 1 aliphatic heterocycles. The van der Waals surface area contributed by atoms with Crippen molar-refractivity contribution in [1.29, 1.82) is 0 Å². The molecule has 0 saturated carbocycles. The molecule has 1 atom stereocenters. The molecule has 3 rings (SSSR count). The van der Waals surface area contributed by atoms with Crippen LogP contribution in [0.15, 0.2) is 59.5 Å². The number of nitrogens with one attached hydrogen (secondary N) is 1. The minimum Gasteiger partial charge on any atom is -0.353 e. The van der Waals surface area contributed by atoms with E-state index in [1.54, 1.807) is 12.1 Å². The zero-order chi connectivity index (χ0) is 20.9. The van der Waals surface area contributed by atoms with Crippen molar-refractivity contribution in [1.82, 2.24) is 14.5 Å². The molecule has 0 bridgehead atoms. The number of sulfonamides is 1. The molecule has 1 amide bonds. The molecular weight excluding hydrogens is 386 g/mol. The fourth-order valence-electron chi connectivity index (χ4n) is 3.35. The summed E-state index contributed by atoms with van der Waals surface area (Å²) in [5, 5.41) is 2.95. The average molecular weight is 416 g/mol. The molecule has 1 N–H and O–H groups in total. The maximum atomic E-state index is 13.0. The molecule has 7 heteroatoms. The van der Waals surface area contributed by atoms with Crippen LogP contribution in [0, 0.1) is 0 Å². The van der Waals surface area contributed by atoms with Crippen molar-refractivity contribution >= 4 is 15.9 Å². The Morgan fingerprint density at radius 1 is 0.966 bits per heavy atom.